The lowest BCUT2D eigenvalue weighted by molar-refractivity contribution is -0.125. The molecule has 1 aliphatic rings. The fourth-order valence-corrected chi connectivity index (χ4v) is 4.81. The van der Waals surface area contributed by atoms with Crippen LogP contribution in [0.15, 0.2) is 73.1 Å². The fraction of sp³-hybridized carbons (Fsp3) is 0.259. The van der Waals surface area contributed by atoms with E-state index in [0.717, 1.165) is 25.8 Å². The van der Waals surface area contributed by atoms with E-state index in [1.807, 2.05) is 24.5 Å². The number of aryl methyl sites for hydroxylation is 1. The van der Waals surface area contributed by atoms with Crippen molar-refractivity contribution in [1.29, 1.82) is 0 Å². The highest BCUT2D eigenvalue weighted by atomic mass is 16.1. The Bertz CT molecular complexity index is 1230. The molecule has 0 saturated carbocycles. The van der Waals surface area contributed by atoms with E-state index >= 15 is 0 Å². The number of rotatable bonds is 5. The monoisotopic (exact) mass is 409 g/mol. The lowest BCUT2D eigenvalue weighted by Crippen LogP contribution is -2.34. The number of para-hydroxylation sites is 1. The molecule has 0 aliphatic heterocycles. The van der Waals surface area contributed by atoms with Crippen LogP contribution in [-0.4, -0.2) is 15.5 Å². The molecule has 1 atom stereocenters. The van der Waals surface area contributed by atoms with Crippen molar-refractivity contribution < 1.29 is 4.79 Å². The minimum atomic E-state index is 0.0247. The van der Waals surface area contributed by atoms with Crippen LogP contribution in [0.3, 0.4) is 0 Å². The number of benzene rings is 2. The van der Waals surface area contributed by atoms with Crippen molar-refractivity contribution in [2.45, 2.75) is 39.3 Å². The molecule has 1 unspecified atom stereocenters. The van der Waals surface area contributed by atoms with Gasteiger partial charge in [0.05, 0.1) is 0 Å². The third-order valence-corrected chi connectivity index (χ3v) is 6.55. The van der Waals surface area contributed by atoms with E-state index in [2.05, 4.69) is 70.3 Å². The Kier molecular flexibility index (Phi) is 5.29. The minimum absolute atomic E-state index is 0.0247. The summed E-state index contributed by atoms with van der Waals surface area (Å²) in [6.07, 6.45) is 6.32. The number of fused-ring (bicyclic) bond motifs is 3. The molecule has 0 spiro atoms. The molecule has 5 rings (SSSR count). The second-order valence-corrected chi connectivity index (χ2v) is 8.47. The van der Waals surface area contributed by atoms with Gasteiger partial charge in [-0.2, -0.15) is 0 Å². The van der Waals surface area contributed by atoms with Crippen LogP contribution in [0.5, 0.6) is 0 Å². The van der Waals surface area contributed by atoms with Crippen molar-refractivity contribution in [2.24, 2.45) is 5.92 Å². The first-order chi connectivity index (χ1) is 15.2. The molecule has 1 N–H and O–H groups in total. The molecule has 31 heavy (non-hydrogen) atoms. The maximum Gasteiger partial charge on any atom is 0.223 e. The van der Waals surface area contributed by atoms with E-state index < -0.39 is 0 Å². The summed E-state index contributed by atoms with van der Waals surface area (Å²) in [6, 6.07) is 21.0. The van der Waals surface area contributed by atoms with Crippen LogP contribution in [0, 0.1) is 12.8 Å². The average Bonchev–Trinajstić information content (AvgIpc) is 3.12. The van der Waals surface area contributed by atoms with Gasteiger partial charge in [0.2, 0.25) is 5.91 Å². The Morgan fingerprint density at radius 1 is 1.06 bits per heavy atom. The topological polar surface area (TPSA) is 46.9 Å². The maximum absolute atomic E-state index is 13.0. The van der Waals surface area contributed by atoms with Gasteiger partial charge in [-0.05, 0) is 66.6 Å². The van der Waals surface area contributed by atoms with Crippen LogP contribution >= 0.6 is 0 Å². The number of carbonyl (C=O) groups excluding carboxylic acids is 1. The zero-order chi connectivity index (χ0) is 21.2. The number of amides is 1. The molecule has 2 aromatic heterocycles. The Labute approximate surface area is 182 Å². The molecule has 0 radical (unpaired) electrons. The van der Waals surface area contributed by atoms with Gasteiger partial charge in [0.1, 0.15) is 0 Å². The summed E-state index contributed by atoms with van der Waals surface area (Å²) in [6.45, 7) is 3.52. The van der Waals surface area contributed by atoms with E-state index in [4.69, 9.17) is 0 Å². The summed E-state index contributed by atoms with van der Waals surface area (Å²) in [5, 5.41) is 4.46. The van der Waals surface area contributed by atoms with Crippen LogP contribution < -0.4 is 5.32 Å². The van der Waals surface area contributed by atoms with Crippen molar-refractivity contribution >= 4 is 16.8 Å². The van der Waals surface area contributed by atoms with Crippen LogP contribution in [-0.2, 0) is 30.7 Å². The van der Waals surface area contributed by atoms with Crippen molar-refractivity contribution in [3.63, 3.8) is 0 Å². The van der Waals surface area contributed by atoms with Gasteiger partial charge in [0.25, 0.3) is 0 Å². The van der Waals surface area contributed by atoms with Gasteiger partial charge in [-0.1, -0.05) is 42.5 Å². The molecule has 4 aromatic rings. The summed E-state index contributed by atoms with van der Waals surface area (Å²) in [5.41, 5.74) is 7.61. The highest BCUT2D eigenvalue weighted by Crippen LogP contribution is 2.35. The van der Waals surface area contributed by atoms with Crippen molar-refractivity contribution in [3.05, 3.63) is 101 Å². The quantitative estimate of drug-likeness (QED) is 0.514. The van der Waals surface area contributed by atoms with Gasteiger partial charge >= 0.3 is 0 Å². The lowest BCUT2D eigenvalue weighted by Gasteiger charge is -2.24. The number of aromatic nitrogens is 2. The number of nitrogens with one attached hydrogen (secondary N) is 1. The predicted octanol–water partition coefficient (Wildman–Crippen LogP) is 4.81. The van der Waals surface area contributed by atoms with Gasteiger partial charge in [-0.15, -0.1) is 0 Å². The van der Waals surface area contributed by atoms with Crippen LogP contribution in [0.25, 0.3) is 10.9 Å². The summed E-state index contributed by atoms with van der Waals surface area (Å²) in [7, 11) is 0. The molecule has 1 amide bonds. The van der Waals surface area contributed by atoms with Crippen molar-refractivity contribution in [1.82, 2.24) is 14.9 Å². The molecular formula is C27H27N3O. The highest BCUT2D eigenvalue weighted by molar-refractivity contribution is 5.88. The summed E-state index contributed by atoms with van der Waals surface area (Å²) in [4.78, 5) is 17.1. The van der Waals surface area contributed by atoms with E-state index in [-0.39, 0.29) is 11.8 Å². The van der Waals surface area contributed by atoms with Crippen LogP contribution in [0.2, 0.25) is 0 Å². The molecule has 156 valence electrons. The molecule has 2 aromatic carbocycles. The number of pyridine rings is 1. The lowest BCUT2D eigenvalue weighted by atomic mass is 9.85. The molecule has 0 bridgehead atoms. The zero-order valence-electron chi connectivity index (χ0n) is 17.8. The van der Waals surface area contributed by atoms with Crippen LogP contribution in [0.4, 0.5) is 0 Å². The molecule has 1 aliphatic carbocycles. The number of nitrogens with zero attached hydrogens (tertiary/aromatic N) is 2. The first-order valence-electron chi connectivity index (χ1n) is 11.0. The van der Waals surface area contributed by atoms with Gasteiger partial charge in [-0.3, -0.25) is 9.78 Å². The molecule has 4 heteroatoms. The van der Waals surface area contributed by atoms with Gasteiger partial charge < -0.3 is 9.88 Å². The van der Waals surface area contributed by atoms with Gasteiger partial charge in [0, 0.05) is 48.0 Å². The third kappa shape index (κ3) is 3.86. The second kappa shape index (κ2) is 8.38. The minimum Gasteiger partial charge on any atom is -0.352 e. The Morgan fingerprint density at radius 3 is 2.68 bits per heavy atom. The standard InChI is InChI=1S/C27H27N3O/c1-19-6-2-3-7-22(19)17-29-27(31)21-10-11-26-24(16-21)23-8-4-5-9-25(23)30(26)18-20-12-14-28-15-13-20/h2-9,12-15,21H,10-11,16-18H2,1H3,(H,29,31). The maximum atomic E-state index is 13.0. The number of hydrogen-bond acceptors (Lipinski definition) is 2. The fourth-order valence-electron chi connectivity index (χ4n) is 4.81. The smallest absolute Gasteiger partial charge is 0.223 e. The third-order valence-electron chi connectivity index (χ3n) is 6.55. The first-order valence-corrected chi connectivity index (χ1v) is 11.0. The Balaban J connectivity index is 1.39. The summed E-state index contributed by atoms with van der Waals surface area (Å²) in [5.74, 6) is 0.191. The normalized spacial score (nSPS) is 15.6. The number of carbonyl (C=O) groups is 1. The summed E-state index contributed by atoms with van der Waals surface area (Å²) < 4.78 is 2.43. The van der Waals surface area contributed by atoms with E-state index in [9.17, 15) is 4.79 Å². The Morgan fingerprint density at radius 2 is 1.84 bits per heavy atom. The van der Waals surface area contributed by atoms with Crippen molar-refractivity contribution in [3.8, 4) is 0 Å². The molecular weight excluding hydrogens is 382 g/mol. The van der Waals surface area contributed by atoms with E-state index in [1.165, 1.54) is 38.9 Å². The zero-order valence-corrected chi connectivity index (χ0v) is 17.8. The van der Waals surface area contributed by atoms with Crippen molar-refractivity contribution in [2.75, 3.05) is 0 Å². The average molecular weight is 410 g/mol. The first kappa shape index (κ1) is 19.6. The largest absolute Gasteiger partial charge is 0.352 e. The number of hydrogen-bond donors (Lipinski definition) is 1. The SMILES string of the molecule is Cc1ccccc1CNC(=O)C1CCc2c(c3ccccc3n2Cc2ccncc2)C1. The van der Waals surface area contributed by atoms with E-state index in [1.54, 1.807) is 0 Å². The Hall–Kier alpha value is -3.40. The van der Waals surface area contributed by atoms with Crippen LogP contribution in [0.1, 0.15) is 34.4 Å². The molecule has 2 heterocycles. The summed E-state index contributed by atoms with van der Waals surface area (Å²) >= 11 is 0. The molecule has 0 fully saturated rings. The molecule has 4 nitrogen and oxygen atoms in total. The van der Waals surface area contributed by atoms with E-state index in [0.29, 0.717) is 6.54 Å². The van der Waals surface area contributed by atoms with Gasteiger partial charge in [-0.25, -0.2) is 0 Å². The predicted molar refractivity (Wildman–Crippen MR) is 124 cm³/mol. The highest BCUT2D eigenvalue weighted by Gasteiger charge is 2.29. The molecule has 0 saturated heterocycles. The van der Waals surface area contributed by atoms with Gasteiger partial charge in [0.15, 0.2) is 0 Å². The second-order valence-electron chi connectivity index (χ2n) is 8.47.